The Bertz CT molecular complexity index is 623. The van der Waals surface area contributed by atoms with E-state index in [9.17, 15) is 13.6 Å². The molecule has 0 aliphatic carbocycles. The zero-order valence-electron chi connectivity index (χ0n) is 12.0. The van der Waals surface area contributed by atoms with Crippen LogP contribution in [0.1, 0.15) is 28.8 Å². The molecule has 3 nitrogen and oxygen atoms in total. The lowest BCUT2D eigenvalue weighted by Crippen LogP contribution is -2.28. The molecule has 1 aromatic heterocycles. The van der Waals surface area contributed by atoms with Crippen LogP contribution in [0.4, 0.5) is 8.78 Å². The lowest BCUT2D eigenvalue weighted by molar-refractivity contribution is 0.0948. The molecular formula is C16H16F2N2OS. The number of rotatable bonds is 6. The number of amides is 1. The first-order chi connectivity index (χ1) is 10.6. The van der Waals surface area contributed by atoms with Gasteiger partial charge < -0.3 is 5.32 Å². The minimum Gasteiger partial charge on any atom is -0.351 e. The first-order valence-electron chi connectivity index (χ1n) is 6.81. The zero-order valence-corrected chi connectivity index (χ0v) is 12.8. The number of pyridine rings is 1. The van der Waals surface area contributed by atoms with Gasteiger partial charge in [-0.15, -0.1) is 0 Å². The fourth-order valence-corrected chi connectivity index (χ4v) is 2.56. The van der Waals surface area contributed by atoms with E-state index < -0.39 is 5.76 Å². The van der Waals surface area contributed by atoms with Gasteiger partial charge in [-0.3, -0.25) is 4.79 Å². The van der Waals surface area contributed by atoms with Gasteiger partial charge in [-0.2, -0.15) is 8.78 Å². The maximum absolute atomic E-state index is 12.5. The summed E-state index contributed by atoms with van der Waals surface area (Å²) in [6.45, 7) is 2.42. The summed E-state index contributed by atoms with van der Waals surface area (Å²) in [6, 6.07) is 12.8. The number of halogens is 2. The van der Waals surface area contributed by atoms with Gasteiger partial charge >= 0.3 is 0 Å². The summed E-state index contributed by atoms with van der Waals surface area (Å²) in [5, 5.41) is 2.82. The van der Waals surface area contributed by atoms with Gasteiger partial charge in [0.1, 0.15) is 5.03 Å². The summed E-state index contributed by atoms with van der Waals surface area (Å²) in [5.41, 5.74) is 1.28. The monoisotopic (exact) mass is 322 g/mol. The Morgan fingerprint density at radius 1 is 1.23 bits per heavy atom. The van der Waals surface area contributed by atoms with E-state index in [0.29, 0.717) is 6.54 Å². The van der Waals surface area contributed by atoms with Crippen LogP contribution >= 0.6 is 11.8 Å². The van der Waals surface area contributed by atoms with Crippen LogP contribution in [0.15, 0.2) is 53.7 Å². The van der Waals surface area contributed by atoms with E-state index in [1.807, 2.05) is 37.3 Å². The summed E-state index contributed by atoms with van der Waals surface area (Å²) in [5.74, 6) is -2.86. The molecule has 1 heterocycles. The van der Waals surface area contributed by atoms with Crippen molar-refractivity contribution in [2.24, 2.45) is 0 Å². The first kappa shape index (κ1) is 16.4. The first-order valence-corrected chi connectivity index (χ1v) is 7.69. The molecule has 1 N–H and O–H groups in total. The van der Waals surface area contributed by atoms with Crippen molar-refractivity contribution in [1.29, 1.82) is 0 Å². The fourth-order valence-electron chi connectivity index (χ4n) is 1.98. The predicted molar refractivity (Wildman–Crippen MR) is 83.3 cm³/mol. The molecule has 1 amide bonds. The molecule has 1 atom stereocenters. The van der Waals surface area contributed by atoms with Crippen LogP contribution in [0.2, 0.25) is 0 Å². The summed E-state index contributed by atoms with van der Waals surface area (Å²) < 4.78 is 25.0. The molecule has 0 saturated heterocycles. The van der Waals surface area contributed by atoms with E-state index in [4.69, 9.17) is 0 Å². The van der Waals surface area contributed by atoms with Crippen molar-refractivity contribution in [1.82, 2.24) is 10.3 Å². The largest absolute Gasteiger partial charge is 0.351 e. The third kappa shape index (κ3) is 4.53. The molecule has 0 spiro atoms. The number of hydrogen-bond donors (Lipinski definition) is 1. The number of thioether (sulfide) groups is 1. The van der Waals surface area contributed by atoms with Gasteiger partial charge in [-0.05, 0) is 35.4 Å². The highest BCUT2D eigenvalue weighted by Gasteiger charge is 2.17. The molecule has 0 saturated carbocycles. The number of carbonyl (C=O) groups excluding carboxylic acids is 1. The zero-order chi connectivity index (χ0) is 15.9. The quantitative estimate of drug-likeness (QED) is 0.819. The molecule has 1 unspecified atom stereocenters. The lowest BCUT2D eigenvalue weighted by Gasteiger charge is -2.14. The molecule has 0 fully saturated rings. The molecule has 0 aliphatic rings. The Hall–Kier alpha value is -1.95. The minimum atomic E-state index is -2.61. The van der Waals surface area contributed by atoms with E-state index in [1.165, 1.54) is 12.3 Å². The van der Waals surface area contributed by atoms with Gasteiger partial charge in [0.15, 0.2) is 0 Å². The molecule has 0 bridgehead atoms. The molecule has 1 aromatic carbocycles. The van der Waals surface area contributed by atoms with Crippen LogP contribution in [0, 0.1) is 0 Å². The number of nitrogens with one attached hydrogen (secondary N) is 1. The molecule has 116 valence electrons. The molecule has 2 rings (SSSR count). The van der Waals surface area contributed by atoms with Crippen LogP contribution in [0.3, 0.4) is 0 Å². The highest BCUT2D eigenvalue weighted by Crippen LogP contribution is 2.26. The van der Waals surface area contributed by atoms with Gasteiger partial charge in [0, 0.05) is 12.7 Å². The fraction of sp³-hybridized carbons (Fsp3) is 0.250. The highest BCUT2D eigenvalue weighted by molar-refractivity contribution is 7.99. The maximum Gasteiger partial charge on any atom is 0.290 e. The Balaban J connectivity index is 2.01. The van der Waals surface area contributed by atoms with Crippen LogP contribution in [-0.2, 0) is 0 Å². The Morgan fingerprint density at radius 2 is 1.95 bits per heavy atom. The van der Waals surface area contributed by atoms with Crippen molar-refractivity contribution < 1.29 is 13.6 Å². The molecule has 0 radical (unpaired) electrons. The number of aromatic nitrogens is 1. The van der Waals surface area contributed by atoms with E-state index >= 15 is 0 Å². The van der Waals surface area contributed by atoms with Gasteiger partial charge in [0.25, 0.3) is 11.7 Å². The summed E-state index contributed by atoms with van der Waals surface area (Å²) in [6.07, 6.45) is 1.40. The van der Waals surface area contributed by atoms with Crippen molar-refractivity contribution in [3.05, 3.63) is 59.8 Å². The van der Waals surface area contributed by atoms with Gasteiger partial charge in [0.05, 0.1) is 5.56 Å². The van der Waals surface area contributed by atoms with Crippen molar-refractivity contribution in [2.45, 2.75) is 23.6 Å². The number of hydrogen-bond acceptors (Lipinski definition) is 3. The Morgan fingerprint density at radius 3 is 2.64 bits per heavy atom. The molecule has 22 heavy (non-hydrogen) atoms. The number of nitrogens with zero attached hydrogens (tertiary/aromatic N) is 1. The molecule has 6 heteroatoms. The Kier molecular flexibility index (Phi) is 5.89. The molecule has 2 aromatic rings. The molecular weight excluding hydrogens is 306 g/mol. The van der Waals surface area contributed by atoms with Gasteiger partial charge in [-0.25, -0.2) is 4.98 Å². The smallest absolute Gasteiger partial charge is 0.290 e. The second-order valence-electron chi connectivity index (χ2n) is 4.76. The topological polar surface area (TPSA) is 42.0 Å². The third-order valence-corrected chi connectivity index (χ3v) is 3.88. The molecule has 0 aliphatic heterocycles. The lowest BCUT2D eigenvalue weighted by atomic mass is 10.0. The minimum absolute atomic E-state index is 0.0439. The number of carbonyl (C=O) groups is 1. The van der Waals surface area contributed by atoms with Crippen LogP contribution in [0.5, 0.6) is 0 Å². The van der Waals surface area contributed by atoms with E-state index in [0.717, 1.165) is 5.56 Å². The maximum atomic E-state index is 12.5. The number of benzene rings is 1. The standard InChI is InChI=1S/C16H16F2N2OS/c1-11(12-6-3-2-4-7-12)10-20-14(21)13-8-5-9-19-15(13)22-16(17)18/h2-9,11,16H,10H2,1H3,(H,20,21). The third-order valence-electron chi connectivity index (χ3n) is 3.15. The predicted octanol–water partition coefficient (Wildman–Crippen LogP) is 3.93. The average molecular weight is 322 g/mol. The highest BCUT2D eigenvalue weighted by atomic mass is 32.2. The number of alkyl halides is 2. The van der Waals surface area contributed by atoms with E-state index in [1.54, 1.807) is 6.07 Å². The van der Waals surface area contributed by atoms with Crippen LogP contribution in [0.25, 0.3) is 0 Å². The van der Waals surface area contributed by atoms with E-state index in [2.05, 4.69) is 10.3 Å². The summed E-state index contributed by atoms with van der Waals surface area (Å²) in [4.78, 5) is 16.0. The van der Waals surface area contributed by atoms with Crippen molar-refractivity contribution in [3.63, 3.8) is 0 Å². The van der Waals surface area contributed by atoms with E-state index in [-0.39, 0.29) is 34.2 Å². The summed E-state index contributed by atoms with van der Waals surface area (Å²) >= 11 is 0.279. The van der Waals surface area contributed by atoms with Crippen molar-refractivity contribution in [3.8, 4) is 0 Å². The second-order valence-corrected chi connectivity index (χ2v) is 5.74. The summed E-state index contributed by atoms with van der Waals surface area (Å²) in [7, 11) is 0. The van der Waals surface area contributed by atoms with Gasteiger partial charge in [0.2, 0.25) is 0 Å². The van der Waals surface area contributed by atoms with Crippen molar-refractivity contribution in [2.75, 3.05) is 6.54 Å². The second kappa shape index (κ2) is 7.89. The van der Waals surface area contributed by atoms with Crippen LogP contribution < -0.4 is 5.32 Å². The normalized spacial score (nSPS) is 12.2. The average Bonchev–Trinajstić information content (AvgIpc) is 2.53. The Labute approximate surface area is 132 Å². The van der Waals surface area contributed by atoms with Crippen LogP contribution in [-0.4, -0.2) is 23.2 Å². The SMILES string of the molecule is CC(CNC(=O)c1cccnc1SC(F)F)c1ccccc1. The van der Waals surface area contributed by atoms with Gasteiger partial charge in [-0.1, -0.05) is 37.3 Å². The van der Waals surface area contributed by atoms with Crippen molar-refractivity contribution >= 4 is 17.7 Å².